The van der Waals surface area contributed by atoms with Crippen molar-refractivity contribution in [1.29, 1.82) is 0 Å². The lowest BCUT2D eigenvalue weighted by atomic mass is 10.1. The fraction of sp³-hybridized carbons (Fsp3) is 0.538. The lowest BCUT2D eigenvalue weighted by Gasteiger charge is -2.24. The van der Waals surface area contributed by atoms with Crippen LogP contribution in [0.1, 0.15) is 18.9 Å². The van der Waals surface area contributed by atoms with E-state index in [1.54, 1.807) is 18.2 Å². The van der Waals surface area contributed by atoms with Crippen LogP contribution in [0.3, 0.4) is 0 Å². The summed E-state index contributed by atoms with van der Waals surface area (Å²) < 4.78 is 37.3. The van der Waals surface area contributed by atoms with E-state index < -0.39 is 12.7 Å². The zero-order valence-corrected chi connectivity index (χ0v) is 11.8. The van der Waals surface area contributed by atoms with Gasteiger partial charge in [0, 0.05) is 24.3 Å². The maximum absolute atomic E-state index is 12.4. The lowest BCUT2D eigenvalue weighted by Crippen LogP contribution is -2.32. The van der Waals surface area contributed by atoms with Gasteiger partial charge < -0.3 is 10.2 Å². The van der Waals surface area contributed by atoms with Crippen molar-refractivity contribution in [3.8, 4) is 0 Å². The highest BCUT2D eigenvalue weighted by Crippen LogP contribution is 2.27. The van der Waals surface area contributed by atoms with Crippen molar-refractivity contribution in [1.82, 2.24) is 5.32 Å². The van der Waals surface area contributed by atoms with E-state index in [1.807, 2.05) is 6.92 Å². The summed E-state index contributed by atoms with van der Waals surface area (Å²) in [6, 6.07) is 5.01. The summed E-state index contributed by atoms with van der Waals surface area (Å²) in [6.07, 6.45) is -3.26. The average molecular weight is 295 g/mol. The Kier molecular flexibility index (Phi) is 5.94. The van der Waals surface area contributed by atoms with Gasteiger partial charge in [0.25, 0.3) is 0 Å². The van der Waals surface area contributed by atoms with Crippen LogP contribution in [0.4, 0.5) is 18.9 Å². The summed E-state index contributed by atoms with van der Waals surface area (Å²) in [5.74, 6) is 0. The van der Waals surface area contributed by atoms with Gasteiger partial charge in [-0.2, -0.15) is 13.2 Å². The van der Waals surface area contributed by atoms with Gasteiger partial charge in [0.1, 0.15) is 6.54 Å². The van der Waals surface area contributed by atoms with Crippen LogP contribution >= 0.6 is 11.6 Å². The van der Waals surface area contributed by atoms with E-state index in [1.165, 1.54) is 11.9 Å². The molecule has 0 aliphatic carbocycles. The molecule has 0 bridgehead atoms. The van der Waals surface area contributed by atoms with E-state index in [4.69, 9.17) is 11.6 Å². The van der Waals surface area contributed by atoms with Gasteiger partial charge in [-0.25, -0.2) is 0 Å². The molecule has 2 nitrogen and oxygen atoms in total. The molecule has 6 heteroatoms. The second-order valence-corrected chi connectivity index (χ2v) is 4.86. The van der Waals surface area contributed by atoms with E-state index >= 15 is 0 Å². The molecule has 0 heterocycles. The minimum Gasteiger partial charge on any atom is -0.365 e. The Morgan fingerprint density at radius 2 is 2.00 bits per heavy atom. The highest BCUT2D eigenvalue weighted by atomic mass is 35.5. The molecule has 0 aromatic heterocycles. The zero-order chi connectivity index (χ0) is 14.5. The summed E-state index contributed by atoms with van der Waals surface area (Å²) in [4.78, 5) is 1.18. The predicted molar refractivity (Wildman–Crippen MR) is 72.8 cm³/mol. The van der Waals surface area contributed by atoms with Gasteiger partial charge in [0.15, 0.2) is 0 Å². The fourth-order valence-electron chi connectivity index (χ4n) is 1.80. The van der Waals surface area contributed by atoms with Gasteiger partial charge in [-0.3, -0.25) is 0 Å². The van der Waals surface area contributed by atoms with E-state index in [0.717, 1.165) is 18.5 Å². The highest BCUT2D eigenvalue weighted by Gasteiger charge is 2.30. The molecule has 0 unspecified atom stereocenters. The molecule has 108 valence electrons. The Bertz CT molecular complexity index is 407. The van der Waals surface area contributed by atoms with Crippen molar-refractivity contribution >= 4 is 17.3 Å². The number of benzene rings is 1. The molecule has 0 radical (unpaired) electrons. The van der Waals surface area contributed by atoms with Gasteiger partial charge in [-0.15, -0.1) is 0 Å². The number of hydrogen-bond donors (Lipinski definition) is 1. The minimum absolute atomic E-state index is 0.434. The first-order valence-corrected chi connectivity index (χ1v) is 6.48. The molecule has 0 aliphatic rings. The Labute approximate surface area is 116 Å². The molecule has 19 heavy (non-hydrogen) atoms. The summed E-state index contributed by atoms with van der Waals surface area (Å²) in [5.41, 5.74) is 1.32. The van der Waals surface area contributed by atoms with Gasteiger partial charge in [0.2, 0.25) is 0 Å². The monoisotopic (exact) mass is 294 g/mol. The largest absolute Gasteiger partial charge is 0.405 e. The molecule has 0 aliphatic heterocycles. The number of nitrogens with one attached hydrogen (secondary N) is 1. The smallest absolute Gasteiger partial charge is 0.365 e. The van der Waals surface area contributed by atoms with Gasteiger partial charge in [0.05, 0.1) is 0 Å². The Morgan fingerprint density at radius 3 is 2.58 bits per heavy atom. The van der Waals surface area contributed by atoms with Gasteiger partial charge in [-0.05, 0) is 30.7 Å². The number of rotatable bonds is 6. The second kappa shape index (κ2) is 7.01. The molecule has 1 N–H and O–H groups in total. The van der Waals surface area contributed by atoms with Crippen LogP contribution in [-0.4, -0.2) is 26.3 Å². The predicted octanol–water partition coefficient (Wildman–Crippen LogP) is 3.84. The summed E-state index contributed by atoms with van der Waals surface area (Å²) in [7, 11) is 1.42. The Balaban J connectivity index is 2.86. The molecule has 0 atom stereocenters. The molecule has 0 spiro atoms. The van der Waals surface area contributed by atoms with Gasteiger partial charge in [-0.1, -0.05) is 24.6 Å². The van der Waals surface area contributed by atoms with Crippen LogP contribution in [0.5, 0.6) is 0 Å². The van der Waals surface area contributed by atoms with E-state index in [-0.39, 0.29) is 0 Å². The molecular weight excluding hydrogens is 277 g/mol. The van der Waals surface area contributed by atoms with E-state index in [2.05, 4.69) is 5.32 Å². The standard InChI is InChI=1S/C13H18ClF3N2/c1-3-6-18-8-10-4-5-11(14)7-12(10)19(2)9-13(15,16)17/h4-5,7,18H,3,6,8-9H2,1-2H3. The third kappa shape index (κ3) is 5.70. The molecule has 0 amide bonds. The zero-order valence-electron chi connectivity index (χ0n) is 11.0. The molecule has 1 rings (SSSR count). The molecule has 0 fully saturated rings. The maximum atomic E-state index is 12.4. The van der Waals surface area contributed by atoms with Crippen molar-refractivity contribution in [2.75, 3.05) is 25.0 Å². The topological polar surface area (TPSA) is 15.3 Å². The maximum Gasteiger partial charge on any atom is 0.405 e. The summed E-state index contributed by atoms with van der Waals surface area (Å²) >= 11 is 5.87. The molecule has 0 saturated carbocycles. The number of nitrogens with zero attached hydrogens (tertiary/aromatic N) is 1. The number of anilines is 1. The van der Waals surface area contributed by atoms with Crippen LogP contribution in [0.25, 0.3) is 0 Å². The number of hydrogen-bond acceptors (Lipinski definition) is 2. The normalized spacial score (nSPS) is 11.7. The third-order valence-electron chi connectivity index (χ3n) is 2.62. The van der Waals surface area contributed by atoms with Crippen LogP contribution < -0.4 is 10.2 Å². The molecule has 1 aromatic carbocycles. The van der Waals surface area contributed by atoms with Crippen molar-refractivity contribution < 1.29 is 13.2 Å². The number of halogens is 4. The minimum atomic E-state index is -4.23. The molecule has 0 saturated heterocycles. The number of alkyl halides is 3. The van der Waals surface area contributed by atoms with Crippen LogP contribution in [0.2, 0.25) is 5.02 Å². The van der Waals surface area contributed by atoms with Gasteiger partial charge >= 0.3 is 6.18 Å². The first-order valence-electron chi connectivity index (χ1n) is 6.10. The second-order valence-electron chi connectivity index (χ2n) is 4.42. The van der Waals surface area contributed by atoms with Crippen LogP contribution in [0, 0.1) is 0 Å². The third-order valence-corrected chi connectivity index (χ3v) is 2.85. The van der Waals surface area contributed by atoms with Crippen LogP contribution in [-0.2, 0) is 6.54 Å². The molecule has 1 aromatic rings. The van der Waals surface area contributed by atoms with E-state index in [9.17, 15) is 13.2 Å². The SMILES string of the molecule is CCCNCc1ccc(Cl)cc1N(C)CC(F)(F)F. The summed E-state index contributed by atoms with van der Waals surface area (Å²) in [5, 5.41) is 3.61. The van der Waals surface area contributed by atoms with Crippen LogP contribution in [0.15, 0.2) is 18.2 Å². The summed E-state index contributed by atoms with van der Waals surface area (Å²) in [6.45, 7) is 2.40. The fourth-order valence-corrected chi connectivity index (χ4v) is 1.96. The van der Waals surface area contributed by atoms with E-state index in [0.29, 0.717) is 17.3 Å². The first kappa shape index (κ1) is 16.1. The Hall–Kier alpha value is -0.940. The van der Waals surface area contributed by atoms with Crippen molar-refractivity contribution in [2.24, 2.45) is 0 Å². The first-order chi connectivity index (χ1) is 8.83. The quantitative estimate of drug-likeness (QED) is 0.802. The van der Waals surface area contributed by atoms with Crippen molar-refractivity contribution in [3.63, 3.8) is 0 Å². The lowest BCUT2D eigenvalue weighted by molar-refractivity contribution is -0.119. The highest BCUT2D eigenvalue weighted by molar-refractivity contribution is 6.30. The van der Waals surface area contributed by atoms with Crippen molar-refractivity contribution in [3.05, 3.63) is 28.8 Å². The van der Waals surface area contributed by atoms with Crippen molar-refractivity contribution in [2.45, 2.75) is 26.1 Å². The average Bonchev–Trinajstić information content (AvgIpc) is 2.29. The Morgan fingerprint density at radius 1 is 1.32 bits per heavy atom. The molecular formula is C13H18ClF3N2.